The van der Waals surface area contributed by atoms with Gasteiger partial charge in [-0.15, -0.1) is 0 Å². The van der Waals surface area contributed by atoms with Crippen LogP contribution < -0.4 is 5.32 Å². The molecule has 1 heterocycles. The van der Waals surface area contributed by atoms with Crippen LogP contribution in [0.5, 0.6) is 0 Å². The van der Waals surface area contributed by atoms with Crippen LogP contribution in [0.3, 0.4) is 0 Å². The molecule has 0 radical (unpaired) electrons. The fourth-order valence-corrected chi connectivity index (χ4v) is 1.57. The van der Waals surface area contributed by atoms with E-state index in [1.54, 1.807) is 19.2 Å². The van der Waals surface area contributed by atoms with Gasteiger partial charge in [-0.25, -0.2) is 0 Å². The molecule has 0 spiro atoms. The van der Waals surface area contributed by atoms with Crippen LogP contribution in [-0.4, -0.2) is 30.5 Å². The third-order valence-corrected chi connectivity index (χ3v) is 2.52. The van der Waals surface area contributed by atoms with E-state index in [0.717, 1.165) is 17.1 Å². The van der Waals surface area contributed by atoms with Crippen molar-refractivity contribution >= 4 is 5.82 Å². The molecule has 1 aromatic heterocycles. The Morgan fingerprint density at radius 2 is 2.17 bits per heavy atom. The van der Waals surface area contributed by atoms with E-state index in [0.29, 0.717) is 18.7 Å². The monoisotopic (exact) mass is 242 g/mol. The third kappa shape index (κ3) is 2.87. The normalized spacial score (nSPS) is 10.0. The van der Waals surface area contributed by atoms with Crippen molar-refractivity contribution in [2.24, 2.45) is 0 Å². The van der Waals surface area contributed by atoms with Crippen LogP contribution in [0, 0.1) is 11.3 Å². The van der Waals surface area contributed by atoms with E-state index in [2.05, 4.69) is 21.6 Å². The minimum Gasteiger partial charge on any atom is -0.383 e. The Bertz CT molecular complexity index is 539. The molecule has 0 aliphatic rings. The fourth-order valence-electron chi connectivity index (χ4n) is 1.57. The molecule has 18 heavy (non-hydrogen) atoms. The molecule has 1 aromatic carbocycles. The number of nitrogens with one attached hydrogen (secondary N) is 2. The van der Waals surface area contributed by atoms with E-state index >= 15 is 0 Å². The Labute approximate surface area is 105 Å². The first kappa shape index (κ1) is 12.1. The van der Waals surface area contributed by atoms with Gasteiger partial charge in [-0.2, -0.15) is 10.4 Å². The maximum atomic E-state index is 8.73. The van der Waals surface area contributed by atoms with Crippen molar-refractivity contribution < 1.29 is 4.74 Å². The summed E-state index contributed by atoms with van der Waals surface area (Å²) in [6.45, 7) is 1.35. The van der Waals surface area contributed by atoms with Crippen LogP contribution in [-0.2, 0) is 4.74 Å². The minimum absolute atomic E-state index is 0.638. The number of methoxy groups -OCH3 is 1. The number of anilines is 1. The van der Waals surface area contributed by atoms with Crippen molar-refractivity contribution in [2.75, 3.05) is 25.6 Å². The number of nitriles is 1. The quantitative estimate of drug-likeness (QED) is 0.786. The highest BCUT2D eigenvalue weighted by atomic mass is 16.5. The predicted molar refractivity (Wildman–Crippen MR) is 69.1 cm³/mol. The first-order chi connectivity index (χ1) is 8.83. The number of H-pyrrole nitrogens is 1. The molecule has 0 atom stereocenters. The molecule has 0 fully saturated rings. The summed E-state index contributed by atoms with van der Waals surface area (Å²) in [5, 5.41) is 19.0. The molecule has 2 N–H and O–H groups in total. The predicted octanol–water partition coefficient (Wildman–Crippen LogP) is 2.01. The number of nitrogens with zero attached hydrogens (tertiary/aromatic N) is 2. The smallest absolute Gasteiger partial charge is 0.148 e. The maximum Gasteiger partial charge on any atom is 0.148 e. The van der Waals surface area contributed by atoms with Crippen molar-refractivity contribution in [2.45, 2.75) is 0 Å². The summed E-state index contributed by atoms with van der Waals surface area (Å²) in [4.78, 5) is 0. The molecule has 5 heteroatoms. The second kappa shape index (κ2) is 5.84. The van der Waals surface area contributed by atoms with Crippen molar-refractivity contribution in [1.29, 1.82) is 5.26 Å². The fraction of sp³-hybridized carbons (Fsp3) is 0.231. The second-order valence-corrected chi connectivity index (χ2v) is 3.78. The largest absolute Gasteiger partial charge is 0.383 e. The Morgan fingerprint density at radius 1 is 1.39 bits per heavy atom. The molecule has 0 bridgehead atoms. The molecule has 5 nitrogen and oxygen atoms in total. The number of hydrogen-bond donors (Lipinski definition) is 2. The van der Waals surface area contributed by atoms with Gasteiger partial charge in [-0.05, 0) is 17.7 Å². The Kier molecular flexibility index (Phi) is 3.94. The van der Waals surface area contributed by atoms with Crippen LogP contribution in [0.25, 0.3) is 11.3 Å². The lowest BCUT2D eigenvalue weighted by atomic mass is 10.1. The van der Waals surface area contributed by atoms with Gasteiger partial charge in [0, 0.05) is 19.7 Å². The third-order valence-electron chi connectivity index (χ3n) is 2.52. The highest BCUT2D eigenvalue weighted by molar-refractivity contribution is 5.63. The zero-order valence-corrected chi connectivity index (χ0v) is 10.1. The minimum atomic E-state index is 0.638. The molecule has 2 aromatic rings. The van der Waals surface area contributed by atoms with E-state index < -0.39 is 0 Å². The number of aromatic amines is 1. The highest BCUT2D eigenvalue weighted by Crippen LogP contribution is 2.19. The first-order valence-electron chi connectivity index (χ1n) is 5.62. The number of hydrogen-bond acceptors (Lipinski definition) is 4. The summed E-state index contributed by atoms with van der Waals surface area (Å²) in [7, 11) is 1.66. The molecule has 0 aliphatic carbocycles. The molecule has 0 unspecified atom stereocenters. The Morgan fingerprint density at radius 3 is 2.83 bits per heavy atom. The summed E-state index contributed by atoms with van der Waals surface area (Å²) < 4.78 is 4.95. The maximum absolute atomic E-state index is 8.73. The molecular weight excluding hydrogens is 228 g/mol. The van der Waals surface area contributed by atoms with E-state index in [4.69, 9.17) is 10.00 Å². The second-order valence-electron chi connectivity index (χ2n) is 3.78. The SMILES string of the molecule is COCCNc1cc(-c2ccc(C#N)cc2)[nH]n1. The number of aromatic nitrogens is 2. The van der Waals surface area contributed by atoms with Gasteiger partial charge in [0.25, 0.3) is 0 Å². The van der Waals surface area contributed by atoms with Gasteiger partial charge in [-0.3, -0.25) is 5.10 Å². The molecule has 0 saturated carbocycles. The van der Waals surface area contributed by atoms with E-state index in [1.165, 1.54) is 0 Å². The Balaban J connectivity index is 2.06. The average molecular weight is 242 g/mol. The van der Waals surface area contributed by atoms with Crippen molar-refractivity contribution in [1.82, 2.24) is 10.2 Å². The number of rotatable bonds is 5. The topological polar surface area (TPSA) is 73.7 Å². The summed E-state index contributed by atoms with van der Waals surface area (Å²) in [6.07, 6.45) is 0. The van der Waals surface area contributed by atoms with E-state index in [1.807, 2.05) is 18.2 Å². The van der Waals surface area contributed by atoms with Crippen molar-refractivity contribution in [3.8, 4) is 17.3 Å². The van der Waals surface area contributed by atoms with E-state index in [9.17, 15) is 0 Å². The lowest BCUT2D eigenvalue weighted by Crippen LogP contribution is -2.07. The first-order valence-corrected chi connectivity index (χ1v) is 5.62. The molecule has 2 rings (SSSR count). The van der Waals surface area contributed by atoms with Crippen LogP contribution in [0.1, 0.15) is 5.56 Å². The van der Waals surface area contributed by atoms with Gasteiger partial charge in [0.15, 0.2) is 0 Å². The van der Waals surface area contributed by atoms with Crippen LogP contribution >= 0.6 is 0 Å². The van der Waals surface area contributed by atoms with E-state index in [-0.39, 0.29) is 0 Å². The lowest BCUT2D eigenvalue weighted by Gasteiger charge is -1.99. The molecular formula is C13H14N4O. The van der Waals surface area contributed by atoms with Gasteiger partial charge in [0.1, 0.15) is 5.82 Å². The summed E-state index contributed by atoms with van der Waals surface area (Å²) >= 11 is 0. The zero-order valence-electron chi connectivity index (χ0n) is 10.1. The van der Waals surface area contributed by atoms with Crippen LogP contribution in [0.2, 0.25) is 0 Å². The summed E-state index contributed by atoms with van der Waals surface area (Å²) in [5.41, 5.74) is 2.57. The summed E-state index contributed by atoms with van der Waals surface area (Å²) in [6, 6.07) is 11.4. The van der Waals surface area contributed by atoms with Gasteiger partial charge in [0.05, 0.1) is 23.9 Å². The molecule has 0 aliphatic heterocycles. The van der Waals surface area contributed by atoms with Crippen molar-refractivity contribution in [3.63, 3.8) is 0 Å². The lowest BCUT2D eigenvalue weighted by molar-refractivity contribution is 0.210. The molecule has 0 amide bonds. The number of benzene rings is 1. The Hall–Kier alpha value is -2.32. The van der Waals surface area contributed by atoms with Gasteiger partial charge in [0.2, 0.25) is 0 Å². The van der Waals surface area contributed by atoms with Gasteiger partial charge < -0.3 is 10.1 Å². The van der Waals surface area contributed by atoms with Crippen LogP contribution in [0.15, 0.2) is 30.3 Å². The molecule has 92 valence electrons. The zero-order chi connectivity index (χ0) is 12.8. The highest BCUT2D eigenvalue weighted by Gasteiger charge is 2.03. The van der Waals surface area contributed by atoms with Gasteiger partial charge >= 0.3 is 0 Å². The van der Waals surface area contributed by atoms with Gasteiger partial charge in [-0.1, -0.05) is 12.1 Å². The average Bonchev–Trinajstić information content (AvgIpc) is 2.88. The standard InChI is InChI=1S/C13H14N4O/c1-18-7-6-15-13-8-12(16-17-13)11-4-2-10(9-14)3-5-11/h2-5,8H,6-7H2,1H3,(H2,15,16,17). The number of ether oxygens (including phenoxy) is 1. The van der Waals surface area contributed by atoms with Crippen molar-refractivity contribution in [3.05, 3.63) is 35.9 Å². The molecule has 0 saturated heterocycles. The summed E-state index contributed by atoms with van der Waals surface area (Å²) in [5.74, 6) is 0.784. The van der Waals surface area contributed by atoms with Crippen LogP contribution in [0.4, 0.5) is 5.82 Å².